The highest BCUT2D eigenvalue weighted by Gasteiger charge is 2.60. The Hall–Kier alpha value is -2.93. The van der Waals surface area contributed by atoms with Gasteiger partial charge in [-0.25, -0.2) is 0 Å². The molecule has 0 bridgehead atoms. The first-order valence-corrected chi connectivity index (χ1v) is 10.5. The molecule has 7 heteroatoms. The van der Waals surface area contributed by atoms with E-state index in [0.717, 1.165) is 48.1 Å². The topological polar surface area (TPSA) is 87.5 Å². The van der Waals surface area contributed by atoms with Gasteiger partial charge in [-0.05, 0) is 55.4 Å². The highest BCUT2D eigenvalue weighted by Crippen LogP contribution is 2.50. The Labute approximate surface area is 175 Å². The molecule has 1 aromatic heterocycles. The summed E-state index contributed by atoms with van der Waals surface area (Å²) in [7, 11) is 1.65. The number of pyridine rings is 1. The van der Waals surface area contributed by atoms with Crippen LogP contribution >= 0.6 is 0 Å². The van der Waals surface area contributed by atoms with Gasteiger partial charge < -0.3 is 14.8 Å². The summed E-state index contributed by atoms with van der Waals surface area (Å²) in [6, 6.07) is 9.79. The maximum atomic E-state index is 13.9. The predicted octanol–water partition coefficient (Wildman–Crippen LogP) is 2.91. The van der Waals surface area contributed by atoms with Gasteiger partial charge in [-0.3, -0.25) is 20.1 Å². The minimum atomic E-state index is -0.890. The Morgan fingerprint density at radius 1 is 1.23 bits per heavy atom. The molecule has 2 saturated heterocycles. The number of hydrogen-bond donors (Lipinski definition) is 2. The highest BCUT2D eigenvalue weighted by molar-refractivity contribution is 6.09. The van der Waals surface area contributed by atoms with Crippen LogP contribution in [0.25, 0.3) is 11.1 Å². The van der Waals surface area contributed by atoms with Crippen molar-refractivity contribution in [3.63, 3.8) is 0 Å². The summed E-state index contributed by atoms with van der Waals surface area (Å²) in [5.74, 6) is 1.12. The van der Waals surface area contributed by atoms with Crippen molar-refractivity contribution >= 4 is 11.9 Å². The standard InChI is InChI=1S/C23H26N4O3/c1-29-20-7-6-17(13-19(20)15-3-2-10-25-14-15)23(16-4-5-16)21(28)27(22(24)26-23)18-8-11-30-12-9-18/h2-3,6-7,10,13-14,16,18H,4-5,8-9,11-12H2,1H3,(H2,24,26). The van der Waals surface area contributed by atoms with E-state index < -0.39 is 5.54 Å². The summed E-state index contributed by atoms with van der Waals surface area (Å²) in [4.78, 5) is 19.8. The van der Waals surface area contributed by atoms with Crippen molar-refractivity contribution in [2.75, 3.05) is 20.3 Å². The van der Waals surface area contributed by atoms with Crippen molar-refractivity contribution in [1.82, 2.24) is 15.2 Å². The van der Waals surface area contributed by atoms with Gasteiger partial charge in [0.2, 0.25) is 0 Å². The number of hydrogen-bond acceptors (Lipinski definition) is 5. The number of amides is 1. The summed E-state index contributed by atoms with van der Waals surface area (Å²) < 4.78 is 11.1. The average molecular weight is 406 g/mol. The molecular weight excluding hydrogens is 380 g/mol. The fourth-order valence-corrected chi connectivity index (χ4v) is 4.81. The number of ether oxygens (including phenoxy) is 2. The van der Waals surface area contributed by atoms with E-state index in [-0.39, 0.29) is 23.8 Å². The molecule has 1 atom stereocenters. The van der Waals surface area contributed by atoms with E-state index in [1.165, 1.54) is 0 Å². The van der Waals surface area contributed by atoms with Crippen molar-refractivity contribution in [3.8, 4) is 16.9 Å². The SMILES string of the molecule is COc1ccc(C2(C3CC3)NC(=N)N(C3CCOCC3)C2=O)cc1-c1cccnc1. The van der Waals surface area contributed by atoms with Gasteiger partial charge in [-0.15, -0.1) is 0 Å². The molecule has 1 aliphatic carbocycles. The Kier molecular flexibility index (Phi) is 4.70. The third-order valence-corrected chi connectivity index (χ3v) is 6.49. The molecule has 2 aromatic rings. The van der Waals surface area contributed by atoms with Gasteiger partial charge in [0, 0.05) is 42.8 Å². The van der Waals surface area contributed by atoms with Gasteiger partial charge in [-0.2, -0.15) is 0 Å². The van der Waals surface area contributed by atoms with Crippen LogP contribution in [0.3, 0.4) is 0 Å². The number of nitrogens with one attached hydrogen (secondary N) is 2. The quantitative estimate of drug-likeness (QED) is 0.797. The molecule has 5 rings (SSSR count). The average Bonchev–Trinajstić information content (AvgIpc) is 3.60. The molecule has 1 amide bonds. The molecule has 1 aromatic carbocycles. The lowest BCUT2D eigenvalue weighted by Crippen LogP contribution is -2.48. The van der Waals surface area contributed by atoms with E-state index in [1.807, 2.05) is 30.3 Å². The van der Waals surface area contributed by atoms with Crippen LogP contribution in [0.2, 0.25) is 0 Å². The summed E-state index contributed by atoms with van der Waals surface area (Å²) >= 11 is 0. The fourth-order valence-electron chi connectivity index (χ4n) is 4.81. The molecule has 2 aliphatic heterocycles. The molecule has 3 aliphatic rings. The number of guanidine groups is 1. The number of carbonyl (C=O) groups is 1. The van der Waals surface area contributed by atoms with Crippen LogP contribution < -0.4 is 10.1 Å². The van der Waals surface area contributed by atoms with Crippen LogP contribution in [-0.4, -0.2) is 48.1 Å². The lowest BCUT2D eigenvalue weighted by molar-refractivity contribution is -0.135. The molecule has 7 nitrogen and oxygen atoms in total. The van der Waals surface area contributed by atoms with Gasteiger partial charge in [0.1, 0.15) is 11.3 Å². The third-order valence-electron chi connectivity index (χ3n) is 6.49. The van der Waals surface area contributed by atoms with Crippen LogP contribution in [-0.2, 0) is 15.1 Å². The number of aromatic nitrogens is 1. The monoisotopic (exact) mass is 406 g/mol. The number of benzene rings is 1. The number of rotatable bonds is 5. The van der Waals surface area contributed by atoms with Crippen LogP contribution in [0.15, 0.2) is 42.7 Å². The van der Waals surface area contributed by atoms with E-state index in [4.69, 9.17) is 14.9 Å². The number of methoxy groups -OCH3 is 1. The first kappa shape index (κ1) is 19.1. The van der Waals surface area contributed by atoms with Gasteiger partial charge in [0.05, 0.1) is 7.11 Å². The maximum Gasteiger partial charge on any atom is 0.260 e. The maximum absolute atomic E-state index is 13.9. The normalized spacial score (nSPS) is 24.8. The molecule has 1 saturated carbocycles. The summed E-state index contributed by atoms with van der Waals surface area (Å²) in [5, 5.41) is 11.9. The molecular formula is C23H26N4O3. The van der Waals surface area contributed by atoms with Gasteiger partial charge >= 0.3 is 0 Å². The van der Waals surface area contributed by atoms with E-state index in [1.54, 1.807) is 24.4 Å². The second-order valence-electron chi connectivity index (χ2n) is 8.23. The molecule has 0 radical (unpaired) electrons. The van der Waals surface area contributed by atoms with Crippen molar-refractivity contribution < 1.29 is 14.3 Å². The van der Waals surface area contributed by atoms with E-state index >= 15 is 0 Å². The fraction of sp³-hybridized carbons (Fsp3) is 0.435. The van der Waals surface area contributed by atoms with E-state index in [9.17, 15) is 4.79 Å². The Balaban J connectivity index is 1.59. The zero-order valence-corrected chi connectivity index (χ0v) is 17.1. The summed E-state index contributed by atoms with van der Waals surface area (Å²) in [6.45, 7) is 1.26. The predicted molar refractivity (Wildman–Crippen MR) is 112 cm³/mol. The lowest BCUT2D eigenvalue weighted by atomic mass is 9.83. The third kappa shape index (κ3) is 2.96. The summed E-state index contributed by atoms with van der Waals surface area (Å²) in [6.07, 6.45) is 7.01. The molecule has 156 valence electrons. The highest BCUT2D eigenvalue weighted by atomic mass is 16.5. The lowest BCUT2D eigenvalue weighted by Gasteiger charge is -2.32. The molecule has 2 N–H and O–H groups in total. The van der Waals surface area contributed by atoms with E-state index in [2.05, 4.69) is 10.3 Å². The zero-order valence-electron chi connectivity index (χ0n) is 17.1. The molecule has 3 heterocycles. The second-order valence-corrected chi connectivity index (χ2v) is 8.23. The minimum absolute atomic E-state index is 0.01000. The number of carbonyl (C=O) groups excluding carboxylic acids is 1. The van der Waals surface area contributed by atoms with Crippen molar-refractivity contribution in [3.05, 3.63) is 48.3 Å². The Morgan fingerprint density at radius 3 is 2.70 bits per heavy atom. The molecule has 1 unspecified atom stereocenters. The molecule has 0 spiro atoms. The Morgan fingerprint density at radius 2 is 2.03 bits per heavy atom. The summed E-state index contributed by atoms with van der Waals surface area (Å²) in [5.41, 5.74) is 1.82. The number of nitrogens with zero attached hydrogens (tertiary/aromatic N) is 2. The van der Waals surface area contributed by atoms with Gasteiger partial charge in [-0.1, -0.05) is 12.1 Å². The van der Waals surface area contributed by atoms with Gasteiger partial charge in [0.15, 0.2) is 5.96 Å². The van der Waals surface area contributed by atoms with Crippen molar-refractivity contribution in [2.24, 2.45) is 5.92 Å². The van der Waals surface area contributed by atoms with Crippen molar-refractivity contribution in [2.45, 2.75) is 37.3 Å². The van der Waals surface area contributed by atoms with Crippen LogP contribution in [0.5, 0.6) is 5.75 Å². The molecule has 30 heavy (non-hydrogen) atoms. The minimum Gasteiger partial charge on any atom is -0.496 e. The van der Waals surface area contributed by atoms with Crippen molar-refractivity contribution in [1.29, 1.82) is 5.41 Å². The van der Waals surface area contributed by atoms with Crippen LogP contribution in [0.1, 0.15) is 31.2 Å². The molecule has 3 fully saturated rings. The van der Waals surface area contributed by atoms with Crippen LogP contribution in [0.4, 0.5) is 0 Å². The smallest absolute Gasteiger partial charge is 0.260 e. The van der Waals surface area contributed by atoms with E-state index in [0.29, 0.717) is 13.2 Å². The Bertz CT molecular complexity index is 970. The zero-order chi connectivity index (χ0) is 20.7. The van der Waals surface area contributed by atoms with Gasteiger partial charge in [0.25, 0.3) is 5.91 Å². The first-order chi connectivity index (χ1) is 14.6. The van der Waals surface area contributed by atoms with Crippen LogP contribution in [0, 0.1) is 11.3 Å². The first-order valence-electron chi connectivity index (χ1n) is 10.5. The second kappa shape index (κ2) is 7.40. The largest absolute Gasteiger partial charge is 0.496 e.